The van der Waals surface area contributed by atoms with Crippen LogP contribution in [0.4, 0.5) is 0 Å². The minimum atomic E-state index is -0.360. The number of halogens is 1. The van der Waals surface area contributed by atoms with Crippen LogP contribution in [-0.4, -0.2) is 75.3 Å². The minimum Gasteiger partial charge on any atom is -0.379 e. The highest BCUT2D eigenvalue weighted by Gasteiger charge is 2.23. The number of rotatable bonds is 8. The van der Waals surface area contributed by atoms with Crippen LogP contribution in [0, 0.1) is 11.3 Å². The van der Waals surface area contributed by atoms with E-state index in [9.17, 15) is 4.79 Å². The molecule has 0 aromatic carbocycles. The zero-order valence-electron chi connectivity index (χ0n) is 17.9. The van der Waals surface area contributed by atoms with E-state index in [0.717, 1.165) is 45.4 Å². The summed E-state index contributed by atoms with van der Waals surface area (Å²) in [5, 5.41) is 9.54. The number of hydrogen-bond donors (Lipinski definition) is 3. The van der Waals surface area contributed by atoms with Crippen molar-refractivity contribution >= 4 is 35.8 Å². The molecule has 1 amide bonds. The molecular formula is C19H40IN5O2. The zero-order chi connectivity index (χ0) is 19.6. The summed E-state index contributed by atoms with van der Waals surface area (Å²) in [7, 11) is 0. The van der Waals surface area contributed by atoms with Crippen LogP contribution in [-0.2, 0) is 9.53 Å². The van der Waals surface area contributed by atoms with Crippen molar-refractivity contribution in [2.45, 2.75) is 47.6 Å². The van der Waals surface area contributed by atoms with Crippen molar-refractivity contribution in [3.8, 4) is 0 Å². The molecule has 0 aromatic heterocycles. The highest BCUT2D eigenvalue weighted by molar-refractivity contribution is 14.0. The second-order valence-electron chi connectivity index (χ2n) is 8.11. The molecule has 27 heavy (non-hydrogen) atoms. The standard InChI is InChI=1S/C19H39N5O2.HI/c1-7-20-18(22-9-8-21-17(25)19(4,5)6)23-14-16(15(2)3)24-10-12-26-13-11-24;/h15-16H,7-14H2,1-6H3,(H,21,25)(H2,20,22,23);1H. The fourth-order valence-corrected chi connectivity index (χ4v) is 2.81. The van der Waals surface area contributed by atoms with E-state index in [2.05, 4.69) is 41.6 Å². The van der Waals surface area contributed by atoms with Gasteiger partial charge in [-0.05, 0) is 12.8 Å². The van der Waals surface area contributed by atoms with Gasteiger partial charge in [-0.25, -0.2) is 0 Å². The third-order valence-electron chi connectivity index (χ3n) is 4.45. The lowest BCUT2D eigenvalue weighted by Gasteiger charge is -2.36. The molecule has 1 aliphatic rings. The summed E-state index contributed by atoms with van der Waals surface area (Å²) in [6.45, 7) is 18.6. The zero-order valence-corrected chi connectivity index (χ0v) is 20.3. The molecule has 7 nitrogen and oxygen atoms in total. The monoisotopic (exact) mass is 497 g/mol. The van der Waals surface area contributed by atoms with Gasteiger partial charge in [0.2, 0.25) is 5.91 Å². The molecule has 0 bridgehead atoms. The van der Waals surface area contributed by atoms with Crippen LogP contribution in [0.3, 0.4) is 0 Å². The lowest BCUT2D eigenvalue weighted by atomic mass is 9.96. The fraction of sp³-hybridized carbons (Fsp3) is 0.895. The Labute approximate surface area is 182 Å². The van der Waals surface area contributed by atoms with Crippen molar-refractivity contribution in [1.29, 1.82) is 0 Å². The number of morpholine rings is 1. The second kappa shape index (κ2) is 13.5. The number of guanidine groups is 1. The molecule has 8 heteroatoms. The third-order valence-corrected chi connectivity index (χ3v) is 4.45. The molecule has 1 fully saturated rings. The summed E-state index contributed by atoms with van der Waals surface area (Å²) in [6, 6.07) is 0.412. The first-order chi connectivity index (χ1) is 12.3. The summed E-state index contributed by atoms with van der Waals surface area (Å²) >= 11 is 0. The molecular weight excluding hydrogens is 457 g/mol. The van der Waals surface area contributed by atoms with Gasteiger partial charge in [0.1, 0.15) is 0 Å². The quantitative estimate of drug-likeness (QED) is 0.206. The van der Waals surface area contributed by atoms with Crippen LogP contribution < -0.4 is 16.0 Å². The first-order valence-corrected chi connectivity index (χ1v) is 9.88. The van der Waals surface area contributed by atoms with Crippen molar-refractivity contribution in [2.24, 2.45) is 16.3 Å². The number of ether oxygens (including phenoxy) is 1. The molecule has 3 N–H and O–H groups in total. The molecule has 0 spiro atoms. The summed E-state index contributed by atoms with van der Waals surface area (Å²) in [6.07, 6.45) is 0. The maximum absolute atomic E-state index is 11.9. The number of hydrogen-bond acceptors (Lipinski definition) is 4. The Balaban J connectivity index is 0.00000676. The highest BCUT2D eigenvalue weighted by atomic mass is 127. The molecule has 1 heterocycles. The number of aliphatic imine (C=N–C) groups is 1. The number of nitrogens with zero attached hydrogens (tertiary/aromatic N) is 2. The van der Waals surface area contributed by atoms with Gasteiger partial charge in [0, 0.05) is 44.2 Å². The summed E-state index contributed by atoms with van der Waals surface area (Å²) in [5.41, 5.74) is -0.360. The van der Waals surface area contributed by atoms with Gasteiger partial charge in [-0.15, -0.1) is 24.0 Å². The topological polar surface area (TPSA) is 78.0 Å². The van der Waals surface area contributed by atoms with E-state index >= 15 is 0 Å². The van der Waals surface area contributed by atoms with E-state index in [1.165, 1.54) is 0 Å². The number of carbonyl (C=O) groups is 1. The average Bonchev–Trinajstić information content (AvgIpc) is 2.58. The lowest BCUT2D eigenvalue weighted by molar-refractivity contribution is -0.128. The highest BCUT2D eigenvalue weighted by Crippen LogP contribution is 2.13. The Morgan fingerprint density at radius 2 is 1.70 bits per heavy atom. The summed E-state index contributed by atoms with van der Waals surface area (Å²) < 4.78 is 5.47. The predicted molar refractivity (Wildman–Crippen MR) is 123 cm³/mol. The second-order valence-corrected chi connectivity index (χ2v) is 8.11. The van der Waals surface area contributed by atoms with E-state index in [0.29, 0.717) is 25.0 Å². The maximum atomic E-state index is 11.9. The SMILES string of the molecule is CCNC(=NCC(C(C)C)N1CCOCC1)NCCNC(=O)C(C)(C)C.I. The number of nitrogens with one attached hydrogen (secondary N) is 3. The molecule has 0 aromatic rings. The smallest absolute Gasteiger partial charge is 0.225 e. The van der Waals surface area contributed by atoms with Gasteiger partial charge in [-0.1, -0.05) is 34.6 Å². The van der Waals surface area contributed by atoms with Gasteiger partial charge in [0.15, 0.2) is 5.96 Å². The summed E-state index contributed by atoms with van der Waals surface area (Å²) in [5.74, 6) is 1.40. The van der Waals surface area contributed by atoms with E-state index in [-0.39, 0.29) is 35.3 Å². The fourth-order valence-electron chi connectivity index (χ4n) is 2.81. The Bertz CT molecular complexity index is 446. The Hall–Kier alpha value is -0.610. The predicted octanol–water partition coefficient (Wildman–Crippen LogP) is 1.68. The Kier molecular flexibility index (Phi) is 13.2. The largest absolute Gasteiger partial charge is 0.379 e. The van der Waals surface area contributed by atoms with E-state index in [1.807, 2.05) is 20.8 Å². The van der Waals surface area contributed by atoms with Crippen LogP contribution in [0.2, 0.25) is 0 Å². The Morgan fingerprint density at radius 3 is 2.22 bits per heavy atom. The summed E-state index contributed by atoms with van der Waals surface area (Å²) in [4.78, 5) is 19.2. The Morgan fingerprint density at radius 1 is 1.11 bits per heavy atom. The van der Waals surface area contributed by atoms with Gasteiger partial charge in [-0.2, -0.15) is 0 Å². The molecule has 1 unspecified atom stereocenters. The van der Waals surface area contributed by atoms with E-state index < -0.39 is 0 Å². The van der Waals surface area contributed by atoms with Crippen molar-refractivity contribution in [3.05, 3.63) is 0 Å². The molecule has 0 radical (unpaired) electrons. The van der Waals surface area contributed by atoms with Crippen LogP contribution in [0.15, 0.2) is 4.99 Å². The van der Waals surface area contributed by atoms with Crippen molar-refractivity contribution < 1.29 is 9.53 Å². The van der Waals surface area contributed by atoms with Crippen molar-refractivity contribution in [1.82, 2.24) is 20.9 Å². The van der Waals surface area contributed by atoms with Gasteiger partial charge in [0.05, 0.1) is 19.8 Å². The molecule has 1 aliphatic heterocycles. The number of carbonyl (C=O) groups excluding carboxylic acids is 1. The molecule has 1 atom stereocenters. The minimum absolute atomic E-state index is 0. The van der Waals surface area contributed by atoms with Crippen LogP contribution in [0.5, 0.6) is 0 Å². The van der Waals surface area contributed by atoms with Gasteiger partial charge < -0.3 is 20.7 Å². The van der Waals surface area contributed by atoms with E-state index in [1.54, 1.807) is 0 Å². The van der Waals surface area contributed by atoms with Crippen molar-refractivity contribution in [2.75, 3.05) is 52.5 Å². The maximum Gasteiger partial charge on any atom is 0.225 e. The molecule has 0 aliphatic carbocycles. The molecule has 1 saturated heterocycles. The first-order valence-electron chi connectivity index (χ1n) is 9.88. The van der Waals surface area contributed by atoms with Crippen LogP contribution in [0.25, 0.3) is 0 Å². The van der Waals surface area contributed by atoms with Crippen molar-refractivity contribution in [3.63, 3.8) is 0 Å². The third kappa shape index (κ3) is 10.5. The van der Waals surface area contributed by atoms with Gasteiger partial charge in [-0.3, -0.25) is 14.7 Å². The average molecular weight is 497 g/mol. The lowest BCUT2D eigenvalue weighted by Crippen LogP contribution is -2.48. The van der Waals surface area contributed by atoms with Crippen LogP contribution in [0.1, 0.15) is 41.5 Å². The van der Waals surface area contributed by atoms with Gasteiger partial charge in [0.25, 0.3) is 0 Å². The normalized spacial score (nSPS) is 17.2. The van der Waals surface area contributed by atoms with Crippen LogP contribution >= 0.6 is 24.0 Å². The molecule has 0 saturated carbocycles. The molecule has 160 valence electrons. The number of amides is 1. The molecule has 1 rings (SSSR count). The first kappa shape index (κ1) is 26.4. The van der Waals surface area contributed by atoms with E-state index in [4.69, 9.17) is 9.73 Å². The van der Waals surface area contributed by atoms with Gasteiger partial charge >= 0.3 is 0 Å².